The van der Waals surface area contributed by atoms with E-state index in [1.54, 1.807) is 32.0 Å². The molecule has 0 bridgehead atoms. The summed E-state index contributed by atoms with van der Waals surface area (Å²) in [5.41, 5.74) is 0.566. The van der Waals surface area contributed by atoms with Crippen molar-refractivity contribution in [3.05, 3.63) is 29.3 Å². The van der Waals surface area contributed by atoms with Gasteiger partial charge in [-0.25, -0.2) is 4.79 Å². The molecule has 1 aromatic carbocycles. The van der Waals surface area contributed by atoms with Gasteiger partial charge in [-0.05, 0) is 26.0 Å². The molecule has 1 aliphatic rings. The molecule has 21 heavy (non-hydrogen) atoms. The van der Waals surface area contributed by atoms with E-state index in [0.29, 0.717) is 30.3 Å². The highest BCUT2D eigenvalue weighted by Crippen LogP contribution is 2.34. The SMILES string of the molecule is CC(C)OC(=O)/C(C#N)=C\c1cccc2c1OCCCO2. The molecule has 5 nitrogen and oxygen atoms in total. The fourth-order valence-electron chi connectivity index (χ4n) is 1.90. The molecule has 1 aromatic rings. The third-order valence-electron chi connectivity index (χ3n) is 2.78. The maximum absolute atomic E-state index is 11.8. The molecule has 0 fully saturated rings. The van der Waals surface area contributed by atoms with Crippen molar-refractivity contribution in [2.24, 2.45) is 0 Å². The van der Waals surface area contributed by atoms with Crippen molar-refractivity contribution in [3.8, 4) is 17.6 Å². The van der Waals surface area contributed by atoms with E-state index in [1.165, 1.54) is 6.08 Å². The van der Waals surface area contributed by atoms with Gasteiger partial charge in [0.1, 0.15) is 11.6 Å². The van der Waals surface area contributed by atoms with Gasteiger partial charge in [-0.1, -0.05) is 12.1 Å². The second-order valence-electron chi connectivity index (χ2n) is 4.85. The van der Waals surface area contributed by atoms with Crippen molar-refractivity contribution >= 4 is 12.0 Å². The van der Waals surface area contributed by atoms with Crippen LogP contribution in [0.25, 0.3) is 6.08 Å². The average Bonchev–Trinajstić information content (AvgIpc) is 2.69. The highest BCUT2D eigenvalue weighted by Gasteiger charge is 2.17. The van der Waals surface area contributed by atoms with Gasteiger partial charge >= 0.3 is 5.97 Å². The number of para-hydroxylation sites is 1. The van der Waals surface area contributed by atoms with Crippen molar-refractivity contribution in [2.45, 2.75) is 26.4 Å². The van der Waals surface area contributed by atoms with Crippen molar-refractivity contribution in [3.63, 3.8) is 0 Å². The zero-order valence-corrected chi connectivity index (χ0v) is 12.1. The summed E-state index contributed by atoms with van der Waals surface area (Å²) in [6.45, 7) is 4.59. The van der Waals surface area contributed by atoms with Crippen LogP contribution in [-0.4, -0.2) is 25.3 Å². The van der Waals surface area contributed by atoms with Crippen LogP contribution in [0.15, 0.2) is 23.8 Å². The summed E-state index contributed by atoms with van der Waals surface area (Å²) in [4.78, 5) is 11.8. The highest BCUT2D eigenvalue weighted by molar-refractivity contribution is 5.98. The molecular formula is C16H17NO4. The molecule has 0 amide bonds. The maximum Gasteiger partial charge on any atom is 0.349 e. The van der Waals surface area contributed by atoms with Crippen molar-refractivity contribution < 1.29 is 19.0 Å². The van der Waals surface area contributed by atoms with E-state index in [4.69, 9.17) is 19.5 Å². The standard InChI is InChI=1S/C16H17NO4/c1-11(2)21-16(18)13(10-17)9-12-5-3-6-14-15(12)20-8-4-7-19-14/h3,5-6,9,11H,4,7-8H2,1-2H3/b13-9-. The number of nitrogens with zero attached hydrogens (tertiary/aromatic N) is 1. The number of ether oxygens (including phenoxy) is 3. The Labute approximate surface area is 123 Å². The molecule has 0 aliphatic carbocycles. The van der Waals surface area contributed by atoms with Gasteiger partial charge in [0.2, 0.25) is 0 Å². The zero-order valence-electron chi connectivity index (χ0n) is 12.1. The van der Waals surface area contributed by atoms with Crippen LogP contribution in [0, 0.1) is 11.3 Å². The summed E-state index contributed by atoms with van der Waals surface area (Å²) < 4.78 is 16.3. The monoisotopic (exact) mass is 287 g/mol. The summed E-state index contributed by atoms with van der Waals surface area (Å²) in [5, 5.41) is 9.14. The van der Waals surface area contributed by atoms with Gasteiger partial charge in [-0.2, -0.15) is 5.26 Å². The van der Waals surface area contributed by atoms with Crippen LogP contribution in [0.5, 0.6) is 11.5 Å². The molecule has 5 heteroatoms. The normalized spacial score (nSPS) is 14.3. The van der Waals surface area contributed by atoms with Gasteiger partial charge in [0.25, 0.3) is 0 Å². The molecule has 0 spiro atoms. The molecule has 0 atom stereocenters. The van der Waals surface area contributed by atoms with Crippen LogP contribution in [-0.2, 0) is 9.53 Å². The Morgan fingerprint density at radius 1 is 1.38 bits per heavy atom. The van der Waals surface area contributed by atoms with Crippen molar-refractivity contribution in [2.75, 3.05) is 13.2 Å². The van der Waals surface area contributed by atoms with Gasteiger partial charge in [-0.3, -0.25) is 0 Å². The third kappa shape index (κ3) is 3.76. The average molecular weight is 287 g/mol. The lowest BCUT2D eigenvalue weighted by Gasteiger charge is -2.11. The Kier molecular flexibility index (Phi) is 4.83. The molecule has 0 saturated heterocycles. The Hall–Kier alpha value is -2.48. The first-order valence-corrected chi connectivity index (χ1v) is 6.83. The van der Waals surface area contributed by atoms with E-state index in [9.17, 15) is 4.79 Å². The zero-order chi connectivity index (χ0) is 15.2. The van der Waals surface area contributed by atoms with E-state index >= 15 is 0 Å². The van der Waals surface area contributed by atoms with Crippen LogP contribution in [0.4, 0.5) is 0 Å². The molecule has 1 heterocycles. The predicted molar refractivity (Wildman–Crippen MR) is 76.9 cm³/mol. The Balaban J connectivity index is 2.35. The number of nitriles is 1. The minimum absolute atomic E-state index is 0.0649. The van der Waals surface area contributed by atoms with E-state index in [0.717, 1.165) is 6.42 Å². The maximum atomic E-state index is 11.8. The minimum Gasteiger partial charge on any atom is -0.490 e. The molecule has 110 valence electrons. The van der Waals surface area contributed by atoms with Crippen LogP contribution >= 0.6 is 0 Å². The first kappa shape index (κ1) is 14.9. The number of carbonyl (C=O) groups is 1. The molecule has 0 unspecified atom stereocenters. The molecular weight excluding hydrogens is 270 g/mol. The van der Waals surface area contributed by atoms with Gasteiger partial charge in [-0.15, -0.1) is 0 Å². The number of fused-ring (bicyclic) bond motifs is 1. The molecule has 2 rings (SSSR count). The first-order valence-electron chi connectivity index (χ1n) is 6.83. The highest BCUT2D eigenvalue weighted by atomic mass is 16.5. The fraction of sp³-hybridized carbons (Fsp3) is 0.375. The second-order valence-corrected chi connectivity index (χ2v) is 4.85. The first-order chi connectivity index (χ1) is 10.1. The van der Waals surface area contributed by atoms with E-state index in [1.807, 2.05) is 6.07 Å². The summed E-state index contributed by atoms with van der Waals surface area (Å²) >= 11 is 0. The number of esters is 1. The number of hydrogen-bond acceptors (Lipinski definition) is 5. The smallest absolute Gasteiger partial charge is 0.349 e. The van der Waals surface area contributed by atoms with Crippen molar-refractivity contribution in [1.82, 2.24) is 0 Å². The summed E-state index contributed by atoms with van der Waals surface area (Å²) in [6, 6.07) is 7.24. The number of benzene rings is 1. The number of rotatable bonds is 3. The fourth-order valence-corrected chi connectivity index (χ4v) is 1.90. The third-order valence-corrected chi connectivity index (χ3v) is 2.78. The summed E-state index contributed by atoms with van der Waals surface area (Å²) in [7, 11) is 0. The lowest BCUT2D eigenvalue weighted by atomic mass is 10.1. The quantitative estimate of drug-likeness (QED) is 0.485. The molecule has 1 aliphatic heterocycles. The lowest BCUT2D eigenvalue weighted by Crippen LogP contribution is -2.12. The predicted octanol–water partition coefficient (Wildman–Crippen LogP) is 2.71. The van der Waals surface area contributed by atoms with Crippen LogP contribution in [0.1, 0.15) is 25.8 Å². The van der Waals surface area contributed by atoms with Gasteiger partial charge in [0.15, 0.2) is 11.5 Å². The van der Waals surface area contributed by atoms with Crippen LogP contribution in [0.2, 0.25) is 0 Å². The van der Waals surface area contributed by atoms with Crippen LogP contribution in [0.3, 0.4) is 0 Å². The van der Waals surface area contributed by atoms with E-state index < -0.39 is 5.97 Å². The molecule has 0 aromatic heterocycles. The lowest BCUT2D eigenvalue weighted by molar-refractivity contribution is -0.142. The number of hydrogen-bond donors (Lipinski definition) is 0. The van der Waals surface area contributed by atoms with Gasteiger partial charge in [0, 0.05) is 12.0 Å². The van der Waals surface area contributed by atoms with Gasteiger partial charge in [0.05, 0.1) is 19.3 Å². The summed E-state index contributed by atoms with van der Waals surface area (Å²) in [6.07, 6.45) is 1.98. The molecule has 0 radical (unpaired) electrons. The largest absolute Gasteiger partial charge is 0.490 e. The van der Waals surface area contributed by atoms with Crippen molar-refractivity contribution in [1.29, 1.82) is 5.26 Å². The number of carbonyl (C=O) groups excluding carboxylic acids is 1. The minimum atomic E-state index is -0.639. The summed E-state index contributed by atoms with van der Waals surface area (Å²) in [5.74, 6) is 0.538. The Bertz CT molecular complexity index is 599. The topological polar surface area (TPSA) is 68.6 Å². The Morgan fingerprint density at radius 2 is 2.14 bits per heavy atom. The molecule has 0 saturated carbocycles. The second kappa shape index (κ2) is 6.80. The van der Waals surface area contributed by atoms with Crippen LogP contribution < -0.4 is 9.47 Å². The van der Waals surface area contributed by atoms with E-state index in [-0.39, 0.29) is 11.7 Å². The van der Waals surface area contributed by atoms with Gasteiger partial charge < -0.3 is 14.2 Å². The Morgan fingerprint density at radius 3 is 2.86 bits per heavy atom. The van der Waals surface area contributed by atoms with E-state index in [2.05, 4.69) is 0 Å². The molecule has 0 N–H and O–H groups in total.